The summed E-state index contributed by atoms with van der Waals surface area (Å²) >= 11 is 7.40. The highest BCUT2D eigenvalue weighted by Crippen LogP contribution is 2.33. The summed E-state index contributed by atoms with van der Waals surface area (Å²) in [5.41, 5.74) is 9.17. The lowest BCUT2D eigenvalue weighted by molar-refractivity contribution is 1.03. The van der Waals surface area contributed by atoms with Gasteiger partial charge >= 0.3 is 0 Å². The molecule has 0 aliphatic rings. The van der Waals surface area contributed by atoms with E-state index in [9.17, 15) is 0 Å². The highest BCUT2D eigenvalue weighted by atomic mass is 35.5. The van der Waals surface area contributed by atoms with Gasteiger partial charge in [-0.15, -0.1) is 0 Å². The molecule has 0 saturated heterocycles. The normalized spacial score (nSPS) is 10.6. The molecule has 3 N–H and O–H groups in total. The number of nitrogen functional groups attached to an aromatic ring is 1. The first-order valence-electron chi connectivity index (χ1n) is 7.45. The third-order valence-electron chi connectivity index (χ3n) is 3.46. The second-order valence-electron chi connectivity index (χ2n) is 5.34. The summed E-state index contributed by atoms with van der Waals surface area (Å²) < 4.78 is 0. The molecule has 1 aromatic heterocycles. The highest BCUT2D eigenvalue weighted by Gasteiger charge is 2.09. The summed E-state index contributed by atoms with van der Waals surface area (Å²) in [6, 6.07) is 15.9. The average Bonchev–Trinajstić information content (AvgIpc) is 2.59. The summed E-state index contributed by atoms with van der Waals surface area (Å²) in [5.74, 6) is 0.641. The Bertz CT molecular complexity index is 819. The number of nitrogens with zero attached hydrogens (tertiary/aromatic N) is 2. The van der Waals surface area contributed by atoms with Crippen LogP contribution in [0.4, 0.5) is 11.5 Å². The standard InChI is InChI=1S/C18H17ClN4S/c1-12-2-4-13(5-3-12)10-21-17-16(20)18(23-11-22-17)24-15-8-6-14(19)7-9-15/h2-9,11H,10,20H2,1H3,(H,21,22,23). The van der Waals surface area contributed by atoms with Crippen molar-refractivity contribution in [2.45, 2.75) is 23.4 Å². The van der Waals surface area contributed by atoms with Crippen LogP contribution < -0.4 is 11.1 Å². The second kappa shape index (κ2) is 7.55. The molecule has 3 rings (SSSR count). The number of nitrogens with one attached hydrogen (secondary N) is 1. The molecule has 122 valence electrons. The van der Waals surface area contributed by atoms with Crippen LogP contribution in [0.3, 0.4) is 0 Å². The van der Waals surface area contributed by atoms with Crippen LogP contribution in [-0.2, 0) is 6.54 Å². The quantitative estimate of drug-likeness (QED) is 0.644. The first-order valence-corrected chi connectivity index (χ1v) is 8.64. The Kier molecular flexibility index (Phi) is 5.23. The Hall–Kier alpha value is -2.24. The molecular weight excluding hydrogens is 340 g/mol. The van der Waals surface area contributed by atoms with Gasteiger partial charge in [-0.25, -0.2) is 9.97 Å². The van der Waals surface area contributed by atoms with Gasteiger partial charge < -0.3 is 11.1 Å². The van der Waals surface area contributed by atoms with E-state index in [1.54, 1.807) is 0 Å². The molecule has 0 spiro atoms. The summed E-state index contributed by atoms with van der Waals surface area (Å²) in [6.45, 7) is 2.73. The van der Waals surface area contributed by atoms with E-state index in [-0.39, 0.29) is 0 Å². The van der Waals surface area contributed by atoms with Gasteiger partial charge in [0.25, 0.3) is 0 Å². The topological polar surface area (TPSA) is 63.8 Å². The molecule has 0 amide bonds. The third kappa shape index (κ3) is 4.19. The minimum atomic E-state index is 0.546. The molecule has 0 aliphatic heterocycles. The number of nitrogens with two attached hydrogens (primary N) is 1. The molecule has 0 atom stereocenters. The van der Waals surface area contributed by atoms with Crippen LogP contribution >= 0.6 is 23.4 Å². The van der Waals surface area contributed by atoms with Gasteiger partial charge in [0.15, 0.2) is 5.82 Å². The monoisotopic (exact) mass is 356 g/mol. The van der Waals surface area contributed by atoms with Crippen LogP contribution in [0, 0.1) is 6.92 Å². The van der Waals surface area contributed by atoms with Crippen molar-refractivity contribution in [1.29, 1.82) is 0 Å². The number of hydrogen-bond donors (Lipinski definition) is 2. The van der Waals surface area contributed by atoms with Crippen LogP contribution in [0.1, 0.15) is 11.1 Å². The zero-order chi connectivity index (χ0) is 16.9. The Labute approximate surface area is 150 Å². The zero-order valence-electron chi connectivity index (χ0n) is 13.2. The van der Waals surface area contributed by atoms with E-state index in [0.29, 0.717) is 23.1 Å². The first-order chi connectivity index (χ1) is 11.6. The van der Waals surface area contributed by atoms with E-state index in [1.165, 1.54) is 29.2 Å². The van der Waals surface area contributed by atoms with E-state index in [0.717, 1.165) is 9.92 Å². The molecule has 0 saturated carbocycles. The van der Waals surface area contributed by atoms with Crippen LogP contribution in [0.15, 0.2) is 64.8 Å². The fraction of sp³-hybridized carbons (Fsp3) is 0.111. The van der Waals surface area contributed by atoms with Crippen molar-refractivity contribution in [2.75, 3.05) is 11.1 Å². The predicted octanol–water partition coefficient (Wildman–Crippen LogP) is 4.78. The van der Waals surface area contributed by atoms with Crippen molar-refractivity contribution >= 4 is 34.9 Å². The van der Waals surface area contributed by atoms with Crippen molar-refractivity contribution in [1.82, 2.24) is 9.97 Å². The van der Waals surface area contributed by atoms with Crippen LogP contribution in [0.25, 0.3) is 0 Å². The van der Waals surface area contributed by atoms with E-state index in [4.69, 9.17) is 17.3 Å². The molecule has 4 nitrogen and oxygen atoms in total. The van der Waals surface area contributed by atoms with Crippen molar-refractivity contribution in [3.63, 3.8) is 0 Å². The van der Waals surface area contributed by atoms with Gasteiger partial charge in [0.1, 0.15) is 17.0 Å². The molecule has 0 bridgehead atoms. The average molecular weight is 357 g/mol. The van der Waals surface area contributed by atoms with Gasteiger partial charge in [0, 0.05) is 16.5 Å². The number of benzene rings is 2. The lowest BCUT2D eigenvalue weighted by atomic mass is 10.1. The summed E-state index contributed by atoms with van der Waals surface area (Å²) in [4.78, 5) is 9.55. The van der Waals surface area contributed by atoms with Crippen LogP contribution in [0.2, 0.25) is 5.02 Å². The van der Waals surface area contributed by atoms with Gasteiger partial charge in [0.05, 0.1) is 0 Å². The minimum Gasteiger partial charge on any atom is -0.394 e. The lowest BCUT2D eigenvalue weighted by Gasteiger charge is -2.11. The van der Waals surface area contributed by atoms with Gasteiger partial charge in [-0.2, -0.15) is 0 Å². The van der Waals surface area contributed by atoms with Crippen molar-refractivity contribution in [3.05, 3.63) is 71.0 Å². The Morgan fingerprint density at radius 2 is 1.75 bits per heavy atom. The maximum Gasteiger partial charge on any atom is 0.154 e. The minimum absolute atomic E-state index is 0.546. The Balaban J connectivity index is 1.72. The van der Waals surface area contributed by atoms with E-state index in [1.807, 2.05) is 24.3 Å². The van der Waals surface area contributed by atoms with Crippen molar-refractivity contribution in [3.8, 4) is 0 Å². The molecule has 6 heteroatoms. The maximum absolute atomic E-state index is 6.21. The van der Waals surface area contributed by atoms with Gasteiger partial charge in [-0.1, -0.05) is 53.2 Å². The van der Waals surface area contributed by atoms with Crippen molar-refractivity contribution in [2.24, 2.45) is 0 Å². The van der Waals surface area contributed by atoms with Crippen LogP contribution in [0.5, 0.6) is 0 Å². The van der Waals surface area contributed by atoms with Gasteiger partial charge in [-0.3, -0.25) is 0 Å². The number of rotatable bonds is 5. The SMILES string of the molecule is Cc1ccc(CNc2ncnc(Sc3ccc(Cl)cc3)c2N)cc1. The summed E-state index contributed by atoms with van der Waals surface area (Å²) in [6.07, 6.45) is 1.52. The fourth-order valence-electron chi connectivity index (χ4n) is 2.11. The Morgan fingerprint density at radius 3 is 2.46 bits per heavy atom. The molecular formula is C18H17ClN4S. The smallest absolute Gasteiger partial charge is 0.154 e. The predicted molar refractivity (Wildman–Crippen MR) is 101 cm³/mol. The molecule has 0 radical (unpaired) electrons. The highest BCUT2D eigenvalue weighted by molar-refractivity contribution is 7.99. The maximum atomic E-state index is 6.21. The van der Waals surface area contributed by atoms with Crippen molar-refractivity contribution < 1.29 is 0 Å². The molecule has 3 aromatic rings. The number of halogens is 1. The zero-order valence-corrected chi connectivity index (χ0v) is 14.7. The van der Waals surface area contributed by atoms with E-state index in [2.05, 4.69) is 46.5 Å². The molecule has 0 aliphatic carbocycles. The number of aromatic nitrogens is 2. The van der Waals surface area contributed by atoms with E-state index >= 15 is 0 Å². The van der Waals surface area contributed by atoms with Crippen LogP contribution in [-0.4, -0.2) is 9.97 Å². The second-order valence-corrected chi connectivity index (χ2v) is 6.83. The molecule has 24 heavy (non-hydrogen) atoms. The molecule has 0 fully saturated rings. The Morgan fingerprint density at radius 1 is 1.04 bits per heavy atom. The first kappa shape index (κ1) is 16.6. The van der Waals surface area contributed by atoms with E-state index < -0.39 is 0 Å². The van der Waals surface area contributed by atoms with Gasteiger partial charge in [0.2, 0.25) is 0 Å². The largest absolute Gasteiger partial charge is 0.394 e. The number of anilines is 2. The lowest BCUT2D eigenvalue weighted by Crippen LogP contribution is -2.06. The summed E-state index contributed by atoms with van der Waals surface area (Å²) in [5, 5.41) is 4.70. The molecule has 2 aromatic carbocycles. The number of hydrogen-bond acceptors (Lipinski definition) is 5. The number of aryl methyl sites for hydroxylation is 1. The molecule has 1 heterocycles. The third-order valence-corrected chi connectivity index (χ3v) is 4.73. The summed E-state index contributed by atoms with van der Waals surface area (Å²) in [7, 11) is 0. The fourth-order valence-corrected chi connectivity index (χ4v) is 3.04. The van der Waals surface area contributed by atoms with Gasteiger partial charge in [-0.05, 0) is 36.8 Å². The molecule has 0 unspecified atom stereocenters.